The predicted molar refractivity (Wildman–Crippen MR) is 46.2 cm³/mol. The molecule has 0 aromatic carbocycles. The summed E-state index contributed by atoms with van der Waals surface area (Å²) in [6, 6.07) is 0. The van der Waals surface area contributed by atoms with Crippen molar-refractivity contribution in [3.05, 3.63) is 0 Å². The molecule has 0 bridgehead atoms. The monoisotopic (exact) mass is 159 g/mol. The van der Waals surface area contributed by atoms with Crippen LogP contribution in [0.2, 0.25) is 0 Å². The van der Waals surface area contributed by atoms with E-state index in [-0.39, 0.29) is 5.91 Å². The Morgan fingerprint density at radius 3 is 2.27 bits per heavy atom. The lowest BCUT2D eigenvalue weighted by Gasteiger charge is -2.23. The van der Waals surface area contributed by atoms with Crippen molar-refractivity contribution in [2.24, 2.45) is 0 Å². The number of rotatable bonds is 4. The van der Waals surface area contributed by atoms with Crippen molar-refractivity contribution in [2.75, 3.05) is 34.2 Å². The topological polar surface area (TPSA) is 29.1 Å². The minimum atomic E-state index is 0.0615. The smallest absolute Gasteiger partial charge is 0.216 e. The number of carbonyl (C=O) groups excluding carboxylic acids is 1. The highest BCUT2D eigenvalue weighted by Gasteiger charge is 2.04. The lowest BCUT2D eigenvalue weighted by molar-refractivity contribution is -0.870. The summed E-state index contributed by atoms with van der Waals surface area (Å²) < 4.78 is 0.958. The first kappa shape index (κ1) is 10.4. The summed E-state index contributed by atoms with van der Waals surface area (Å²) in [5.74, 6) is 0.0615. The number of hydrogen-bond acceptors (Lipinski definition) is 1. The summed E-state index contributed by atoms with van der Waals surface area (Å²) in [5.41, 5.74) is 0. The number of carbonyl (C=O) groups is 1. The summed E-state index contributed by atoms with van der Waals surface area (Å²) >= 11 is 0. The third-order valence-corrected chi connectivity index (χ3v) is 1.38. The molecule has 0 atom stereocenters. The minimum absolute atomic E-state index is 0.0615. The Morgan fingerprint density at radius 1 is 1.36 bits per heavy atom. The molecule has 0 rings (SSSR count). The molecule has 0 saturated carbocycles. The standard InChI is InChI=1S/C8H18N2O/c1-8(11)9-6-5-7-10(2,3)4/h5-7H2,1-4H3/p+1. The summed E-state index contributed by atoms with van der Waals surface area (Å²) in [6.07, 6.45) is 1.04. The van der Waals surface area contributed by atoms with Crippen molar-refractivity contribution in [3.63, 3.8) is 0 Å². The van der Waals surface area contributed by atoms with Gasteiger partial charge in [0, 0.05) is 19.9 Å². The molecule has 0 spiro atoms. The normalized spacial score (nSPS) is 11.3. The first-order chi connectivity index (χ1) is 4.92. The molecule has 3 heteroatoms. The van der Waals surface area contributed by atoms with E-state index >= 15 is 0 Å². The molecule has 11 heavy (non-hydrogen) atoms. The predicted octanol–water partition coefficient (Wildman–Crippen LogP) is 0.219. The SMILES string of the molecule is CC(=O)NCCC[N+](C)(C)C. The van der Waals surface area contributed by atoms with Gasteiger partial charge in [-0.05, 0) is 0 Å². The van der Waals surface area contributed by atoms with Gasteiger partial charge in [-0.2, -0.15) is 0 Å². The number of nitrogens with zero attached hydrogens (tertiary/aromatic N) is 1. The van der Waals surface area contributed by atoms with E-state index in [4.69, 9.17) is 0 Å². The fourth-order valence-corrected chi connectivity index (χ4v) is 0.818. The lowest BCUT2D eigenvalue weighted by Crippen LogP contribution is -2.37. The molecule has 0 radical (unpaired) electrons. The third-order valence-electron chi connectivity index (χ3n) is 1.38. The van der Waals surface area contributed by atoms with Crippen LogP contribution >= 0.6 is 0 Å². The number of nitrogens with one attached hydrogen (secondary N) is 1. The molecule has 0 saturated heterocycles. The van der Waals surface area contributed by atoms with Gasteiger partial charge in [-0.15, -0.1) is 0 Å². The molecule has 66 valence electrons. The van der Waals surface area contributed by atoms with Gasteiger partial charge in [0.05, 0.1) is 27.7 Å². The molecule has 0 fully saturated rings. The maximum absolute atomic E-state index is 10.5. The highest BCUT2D eigenvalue weighted by molar-refractivity contribution is 5.72. The fraction of sp³-hybridized carbons (Fsp3) is 0.875. The van der Waals surface area contributed by atoms with E-state index in [0.29, 0.717) is 0 Å². The summed E-state index contributed by atoms with van der Waals surface area (Å²) in [6.45, 7) is 3.44. The first-order valence-corrected chi connectivity index (χ1v) is 3.97. The van der Waals surface area contributed by atoms with E-state index in [9.17, 15) is 4.79 Å². The van der Waals surface area contributed by atoms with Crippen LogP contribution in [0.1, 0.15) is 13.3 Å². The van der Waals surface area contributed by atoms with Gasteiger partial charge in [-0.25, -0.2) is 0 Å². The van der Waals surface area contributed by atoms with E-state index in [1.807, 2.05) is 0 Å². The maximum Gasteiger partial charge on any atom is 0.216 e. The van der Waals surface area contributed by atoms with Crippen LogP contribution in [-0.2, 0) is 4.79 Å². The van der Waals surface area contributed by atoms with Crippen molar-refractivity contribution in [1.29, 1.82) is 0 Å². The van der Waals surface area contributed by atoms with E-state index in [2.05, 4.69) is 26.5 Å². The van der Waals surface area contributed by atoms with Crippen LogP contribution in [0.5, 0.6) is 0 Å². The van der Waals surface area contributed by atoms with Crippen molar-refractivity contribution < 1.29 is 9.28 Å². The average molecular weight is 159 g/mol. The van der Waals surface area contributed by atoms with Crippen LogP contribution in [0, 0.1) is 0 Å². The van der Waals surface area contributed by atoms with Crippen molar-refractivity contribution in [1.82, 2.24) is 5.32 Å². The zero-order chi connectivity index (χ0) is 8.91. The molecular weight excluding hydrogens is 140 g/mol. The molecule has 0 aromatic heterocycles. The highest BCUT2D eigenvalue weighted by atomic mass is 16.1. The van der Waals surface area contributed by atoms with Crippen molar-refractivity contribution >= 4 is 5.91 Å². The molecule has 0 heterocycles. The van der Waals surface area contributed by atoms with E-state index in [1.54, 1.807) is 6.92 Å². The van der Waals surface area contributed by atoms with Gasteiger partial charge in [0.1, 0.15) is 0 Å². The largest absolute Gasteiger partial charge is 0.356 e. The lowest BCUT2D eigenvalue weighted by atomic mass is 10.3. The Kier molecular flexibility index (Phi) is 4.11. The molecule has 3 nitrogen and oxygen atoms in total. The third kappa shape index (κ3) is 9.43. The number of quaternary nitrogens is 1. The van der Waals surface area contributed by atoms with Crippen molar-refractivity contribution in [3.8, 4) is 0 Å². The van der Waals surface area contributed by atoms with Gasteiger partial charge in [-0.3, -0.25) is 4.79 Å². The second-order valence-electron chi connectivity index (χ2n) is 3.85. The van der Waals surface area contributed by atoms with Gasteiger partial charge >= 0.3 is 0 Å². The van der Waals surface area contributed by atoms with Crippen LogP contribution < -0.4 is 5.32 Å². The number of hydrogen-bond donors (Lipinski definition) is 1. The molecule has 0 aliphatic carbocycles. The first-order valence-electron chi connectivity index (χ1n) is 3.97. The van der Waals surface area contributed by atoms with Gasteiger partial charge in [0.15, 0.2) is 0 Å². The van der Waals surface area contributed by atoms with Crippen LogP contribution in [0.25, 0.3) is 0 Å². The summed E-state index contributed by atoms with van der Waals surface area (Å²) in [4.78, 5) is 10.5. The number of amides is 1. The molecule has 0 aliphatic rings. The molecule has 1 amide bonds. The maximum atomic E-state index is 10.5. The van der Waals surface area contributed by atoms with Gasteiger partial charge in [0.25, 0.3) is 0 Å². The Bertz CT molecular complexity index is 127. The zero-order valence-electron chi connectivity index (χ0n) is 7.98. The second kappa shape index (κ2) is 4.34. The Hall–Kier alpha value is -0.570. The zero-order valence-corrected chi connectivity index (χ0v) is 7.98. The van der Waals surface area contributed by atoms with Crippen LogP contribution in [0.3, 0.4) is 0 Å². The Morgan fingerprint density at radius 2 is 1.91 bits per heavy atom. The summed E-state index contributed by atoms with van der Waals surface area (Å²) in [7, 11) is 6.44. The Labute approximate surface area is 69.0 Å². The Balaban J connectivity index is 3.22. The minimum Gasteiger partial charge on any atom is -0.356 e. The highest BCUT2D eigenvalue weighted by Crippen LogP contribution is 1.91. The van der Waals surface area contributed by atoms with E-state index in [0.717, 1.165) is 24.0 Å². The second-order valence-corrected chi connectivity index (χ2v) is 3.85. The van der Waals surface area contributed by atoms with Gasteiger partial charge in [-0.1, -0.05) is 0 Å². The summed E-state index contributed by atoms with van der Waals surface area (Å²) in [5, 5.41) is 2.77. The van der Waals surface area contributed by atoms with Crippen LogP contribution in [0.4, 0.5) is 0 Å². The van der Waals surface area contributed by atoms with Crippen molar-refractivity contribution in [2.45, 2.75) is 13.3 Å². The molecule has 0 aromatic rings. The molecular formula is C8H19N2O+. The molecule has 0 aliphatic heterocycles. The quantitative estimate of drug-likeness (QED) is 0.461. The van der Waals surface area contributed by atoms with Gasteiger partial charge < -0.3 is 9.80 Å². The van der Waals surface area contributed by atoms with E-state index in [1.165, 1.54) is 0 Å². The molecule has 1 N–H and O–H groups in total. The molecule has 0 unspecified atom stereocenters. The van der Waals surface area contributed by atoms with E-state index < -0.39 is 0 Å². The van der Waals surface area contributed by atoms with Crippen LogP contribution in [0.15, 0.2) is 0 Å². The average Bonchev–Trinajstić information content (AvgIpc) is 1.78. The van der Waals surface area contributed by atoms with Crippen LogP contribution in [-0.4, -0.2) is 44.6 Å². The fourth-order valence-electron chi connectivity index (χ4n) is 0.818. The van der Waals surface area contributed by atoms with Gasteiger partial charge in [0.2, 0.25) is 5.91 Å².